The highest BCUT2D eigenvalue weighted by atomic mass is 32.1. The number of benzene rings is 1. The Morgan fingerprint density at radius 2 is 2.19 bits per heavy atom. The molecule has 110 valence electrons. The van der Waals surface area contributed by atoms with Crippen LogP contribution >= 0.6 is 11.3 Å². The molecule has 0 spiro atoms. The summed E-state index contributed by atoms with van der Waals surface area (Å²) in [5.74, 6) is 0.0165. The van der Waals surface area contributed by atoms with E-state index < -0.39 is 0 Å². The van der Waals surface area contributed by atoms with Crippen molar-refractivity contribution in [3.05, 3.63) is 46.5 Å². The number of aromatic nitrogens is 1. The summed E-state index contributed by atoms with van der Waals surface area (Å²) in [7, 11) is 0. The van der Waals surface area contributed by atoms with Crippen LogP contribution in [0.5, 0.6) is 0 Å². The van der Waals surface area contributed by atoms with Crippen LogP contribution in [-0.2, 0) is 24.3 Å². The fourth-order valence-electron chi connectivity index (χ4n) is 2.56. The van der Waals surface area contributed by atoms with Crippen molar-refractivity contribution in [1.82, 2.24) is 9.88 Å². The topological polar surface area (TPSA) is 45.2 Å². The Morgan fingerprint density at radius 3 is 3.00 bits per heavy atom. The molecule has 3 rings (SSSR count). The van der Waals surface area contributed by atoms with E-state index in [0.29, 0.717) is 11.6 Å². The number of rotatable bonds is 4. The van der Waals surface area contributed by atoms with Crippen LogP contribution in [0.1, 0.15) is 30.2 Å². The normalized spacial score (nSPS) is 14.7. The second kappa shape index (κ2) is 6.37. The van der Waals surface area contributed by atoms with E-state index in [-0.39, 0.29) is 5.91 Å². The largest absolute Gasteiger partial charge is 0.302 e. The maximum absolute atomic E-state index is 11.4. The number of carbonyl (C=O) groups is 1. The van der Waals surface area contributed by atoms with Gasteiger partial charge in [0.1, 0.15) is 0 Å². The van der Waals surface area contributed by atoms with Gasteiger partial charge in [-0.3, -0.25) is 9.69 Å². The molecule has 0 unspecified atom stereocenters. The second-order valence-corrected chi connectivity index (χ2v) is 6.13. The average Bonchev–Trinajstić information content (AvgIpc) is 2.94. The Hall–Kier alpha value is -1.72. The SMILES string of the molecule is CCC(=O)Nc1nc(CN2CCc3ccccc3C2)cs1. The van der Waals surface area contributed by atoms with Crippen molar-refractivity contribution in [2.75, 3.05) is 11.9 Å². The lowest BCUT2D eigenvalue weighted by atomic mass is 10.00. The highest BCUT2D eigenvalue weighted by Gasteiger charge is 2.17. The van der Waals surface area contributed by atoms with Crippen molar-refractivity contribution in [3.8, 4) is 0 Å². The fraction of sp³-hybridized carbons (Fsp3) is 0.375. The molecule has 4 nitrogen and oxygen atoms in total. The Kier molecular flexibility index (Phi) is 4.31. The van der Waals surface area contributed by atoms with Crippen molar-refractivity contribution in [2.24, 2.45) is 0 Å². The number of carbonyl (C=O) groups excluding carboxylic acids is 1. The van der Waals surface area contributed by atoms with Crippen LogP contribution in [0.3, 0.4) is 0 Å². The summed E-state index contributed by atoms with van der Waals surface area (Å²) >= 11 is 1.50. The van der Waals surface area contributed by atoms with Gasteiger partial charge in [-0.15, -0.1) is 11.3 Å². The number of thiazole rings is 1. The molecule has 0 saturated heterocycles. The van der Waals surface area contributed by atoms with Crippen molar-refractivity contribution >= 4 is 22.4 Å². The zero-order chi connectivity index (χ0) is 14.7. The van der Waals surface area contributed by atoms with Crippen LogP contribution < -0.4 is 5.32 Å². The molecule has 2 heterocycles. The summed E-state index contributed by atoms with van der Waals surface area (Å²) in [4.78, 5) is 18.3. The molecule has 0 fully saturated rings. The van der Waals surface area contributed by atoms with E-state index in [1.165, 1.54) is 22.5 Å². The molecule has 5 heteroatoms. The smallest absolute Gasteiger partial charge is 0.225 e. The van der Waals surface area contributed by atoms with Gasteiger partial charge >= 0.3 is 0 Å². The Bertz CT molecular complexity index is 638. The quantitative estimate of drug-likeness (QED) is 0.944. The monoisotopic (exact) mass is 301 g/mol. The first-order valence-electron chi connectivity index (χ1n) is 7.28. The van der Waals surface area contributed by atoms with Crippen molar-refractivity contribution in [3.63, 3.8) is 0 Å². The lowest BCUT2D eigenvalue weighted by Gasteiger charge is -2.27. The van der Waals surface area contributed by atoms with Crippen molar-refractivity contribution in [1.29, 1.82) is 0 Å². The maximum Gasteiger partial charge on any atom is 0.225 e. The Morgan fingerprint density at radius 1 is 1.38 bits per heavy atom. The average molecular weight is 301 g/mol. The molecule has 0 atom stereocenters. The third-order valence-electron chi connectivity index (χ3n) is 3.71. The summed E-state index contributed by atoms with van der Waals surface area (Å²) in [6.45, 7) is 4.72. The maximum atomic E-state index is 11.4. The number of hydrogen-bond acceptors (Lipinski definition) is 4. The molecule has 1 amide bonds. The number of fused-ring (bicyclic) bond motifs is 1. The molecule has 0 aliphatic carbocycles. The molecule has 0 radical (unpaired) electrons. The first kappa shape index (κ1) is 14.2. The molecule has 0 saturated carbocycles. The highest BCUT2D eigenvalue weighted by molar-refractivity contribution is 7.13. The summed E-state index contributed by atoms with van der Waals surface area (Å²) in [6.07, 6.45) is 1.58. The predicted octanol–water partition coefficient (Wildman–Crippen LogP) is 3.05. The van der Waals surface area contributed by atoms with Gasteiger partial charge in [0.25, 0.3) is 0 Å². The lowest BCUT2D eigenvalue weighted by Crippen LogP contribution is -2.30. The van der Waals surface area contributed by atoms with Crippen molar-refractivity contribution < 1.29 is 4.79 Å². The fourth-order valence-corrected chi connectivity index (χ4v) is 3.28. The van der Waals surface area contributed by atoms with Gasteiger partial charge in [0.2, 0.25) is 5.91 Å². The van der Waals surface area contributed by atoms with Crippen LogP contribution in [-0.4, -0.2) is 22.3 Å². The van der Waals surface area contributed by atoms with Gasteiger partial charge in [-0.2, -0.15) is 0 Å². The molecule has 0 bridgehead atoms. The first-order chi connectivity index (χ1) is 10.2. The van der Waals surface area contributed by atoms with Crippen LogP contribution in [0.2, 0.25) is 0 Å². The molecular formula is C16H19N3OS. The van der Waals surface area contributed by atoms with Gasteiger partial charge in [0, 0.05) is 31.4 Å². The van der Waals surface area contributed by atoms with E-state index >= 15 is 0 Å². The third-order valence-corrected chi connectivity index (χ3v) is 4.52. The summed E-state index contributed by atoms with van der Waals surface area (Å²) < 4.78 is 0. The van der Waals surface area contributed by atoms with Crippen LogP contribution in [0.4, 0.5) is 5.13 Å². The molecule has 1 aliphatic heterocycles. The van der Waals surface area contributed by atoms with Crippen LogP contribution in [0.25, 0.3) is 0 Å². The Labute approximate surface area is 128 Å². The summed E-state index contributed by atoms with van der Waals surface area (Å²) in [5, 5.41) is 5.55. The molecule has 1 aromatic heterocycles. The van der Waals surface area contributed by atoms with E-state index in [0.717, 1.165) is 31.7 Å². The number of hydrogen-bond donors (Lipinski definition) is 1. The van der Waals surface area contributed by atoms with Crippen LogP contribution in [0, 0.1) is 0 Å². The van der Waals surface area contributed by atoms with Crippen molar-refractivity contribution in [2.45, 2.75) is 32.9 Å². The Balaban J connectivity index is 1.62. The number of amides is 1. The third kappa shape index (κ3) is 3.49. The lowest BCUT2D eigenvalue weighted by molar-refractivity contribution is -0.115. The van der Waals surface area contributed by atoms with E-state index in [9.17, 15) is 4.79 Å². The molecule has 1 N–H and O–H groups in total. The van der Waals surface area contributed by atoms with E-state index in [1.807, 2.05) is 12.3 Å². The van der Waals surface area contributed by atoms with Crippen LogP contribution in [0.15, 0.2) is 29.6 Å². The molecule has 21 heavy (non-hydrogen) atoms. The van der Waals surface area contributed by atoms with Gasteiger partial charge in [-0.25, -0.2) is 4.98 Å². The molecular weight excluding hydrogens is 282 g/mol. The number of nitrogens with one attached hydrogen (secondary N) is 1. The van der Waals surface area contributed by atoms with Gasteiger partial charge in [0.05, 0.1) is 5.69 Å². The minimum atomic E-state index is 0.0165. The second-order valence-electron chi connectivity index (χ2n) is 5.28. The summed E-state index contributed by atoms with van der Waals surface area (Å²) in [5.41, 5.74) is 3.91. The van der Waals surface area contributed by atoms with Gasteiger partial charge in [-0.05, 0) is 17.5 Å². The minimum absolute atomic E-state index is 0.0165. The molecule has 2 aromatic rings. The number of anilines is 1. The summed E-state index contributed by atoms with van der Waals surface area (Å²) in [6, 6.07) is 8.63. The van der Waals surface area contributed by atoms with Gasteiger partial charge in [-0.1, -0.05) is 31.2 Å². The first-order valence-corrected chi connectivity index (χ1v) is 8.16. The number of nitrogens with zero attached hydrogens (tertiary/aromatic N) is 2. The predicted molar refractivity (Wildman–Crippen MR) is 85.3 cm³/mol. The van der Waals surface area contributed by atoms with E-state index in [2.05, 4.69) is 39.5 Å². The molecule has 1 aromatic carbocycles. The van der Waals surface area contributed by atoms with Gasteiger partial charge < -0.3 is 5.32 Å². The van der Waals surface area contributed by atoms with E-state index in [1.54, 1.807) is 0 Å². The van der Waals surface area contributed by atoms with Gasteiger partial charge in [0.15, 0.2) is 5.13 Å². The zero-order valence-electron chi connectivity index (χ0n) is 12.1. The molecule has 1 aliphatic rings. The highest BCUT2D eigenvalue weighted by Crippen LogP contribution is 2.22. The minimum Gasteiger partial charge on any atom is -0.302 e. The standard InChI is InChI=1S/C16H19N3OS/c1-2-15(20)18-16-17-14(11-21-16)10-19-8-7-12-5-3-4-6-13(12)9-19/h3-6,11H,2,7-10H2,1H3,(H,17,18,20). The zero-order valence-corrected chi connectivity index (χ0v) is 12.9. The van der Waals surface area contributed by atoms with E-state index in [4.69, 9.17) is 0 Å².